The highest BCUT2D eigenvalue weighted by atomic mass is 19.2. The van der Waals surface area contributed by atoms with Crippen molar-refractivity contribution in [2.24, 2.45) is 0 Å². The second kappa shape index (κ2) is 6.63. The summed E-state index contributed by atoms with van der Waals surface area (Å²) in [5.74, 6) is -3.63. The molecule has 0 saturated carbocycles. The standard InChI is InChI=1S/C19H18F3N3/c1-3-25(4-2)19-16-13(9-15(20)17(21)18(16)22)14(10-24-19)11-5-7-12(23)8-6-11/h5-10H,3-4,23H2,1-2H3. The van der Waals surface area contributed by atoms with Gasteiger partial charge < -0.3 is 10.6 Å². The maximum Gasteiger partial charge on any atom is 0.195 e. The Labute approximate surface area is 143 Å². The highest BCUT2D eigenvalue weighted by Gasteiger charge is 2.22. The van der Waals surface area contributed by atoms with Crippen molar-refractivity contribution in [1.29, 1.82) is 0 Å². The monoisotopic (exact) mass is 345 g/mol. The van der Waals surface area contributed by atoms with Crippen LogP contribution in [0, 0.1) is 17.5 Å². The van der Waals surface area contributed by atoms with Gasteiger partial charge in [-0.05, 0) is 37.6 Å². The topological polar surface area (TPSA) is 42.2 Å². The third kappa shape index (κ3) is 2.88. The number of benzene rings is 2. The van der Waals surface area contributed by atoms with Crippen molar-refractivity contribution in [2.75, 3.05) is 23.7 Å². The number of aromatic nitrogens is 1. The van der Waals surface area contributed by atoms with Crippen LogP contribution in [0.1, 0.15) is 13.8 Å². The molecule has 1 aromatic heterocycles. The molecule has 3 rings (SSSR count). The molecule has 25 heavy (non-hydrogen) atoms. The summed E-state index contributed by atoms with van der Waals surface area (Å²) in [5.41, 5.74) is 7.48. The van der Waals surface area contributed by atoms with Gasteiger partial charge in [-0.2, -0.15) is 0 Å². The second-order valence-corrected chi connectivity index (χ2v) is 5.70. The molecule has 0 fully saturated rings. The molecule has 0 radical (unpaired) electrons. The molecule has 2 N–H and O–H groups in total. The van der Waals surface area contributed by atoms with Crippen LogP contribution in [0.4, 0.5) is 24.7 Å². The lowest BCUT2D eigenvalue weighted by Crippen LogP contribution is -2.23. The van der Waals surface area contributed by atoms with Crippen LogP contribution in [0.25, 0.3) is 21.9 Å². The number of nitrogens with two attached hydrogens (primary N) is 1. The van der Waals surface area contributed by atoms with Crippen LogP contribution < -0.4 is 10.6 Å². The molecule has 3 nitrogen and oxygen atoms in total. The highest BCUT2D eigenvalue weighted by Crippen LogP contribution is 2.36. The maximum atomic E-state index is 14.6. The number of hydrogen-bond donors (Lipinski definition) is 1. The van der Waals surface area contributed by atoms with E-state index >= 15 is 0 Å². The normalized spacial score (nSPS) is 11.1. The molecular weight excluding hydrogens is 327 g/mol. The summed E-state index contributed by atoms with van der Waals surface area (Å²) in [5, 5.41) is 0.259. The summed E-state index contributed by atoms with van der Waals surface area (Å²) in [6.07, 6.45) is 1.55. The third-order valence-corrected chi connectivity index (χ3v) is 4.28. The van der Waals surface area contributed by atoms with Gasteiger partial charge in [0.25, 0.3) is 0 Å². The predicted octanol–water partition coefficient (Wildman–Crippen LogP) is 4.75. The van der Waals surface area contributed by atoms with Crippen molar-refractivity contribution in [1.82, 2.24) is 4.98 Å². The Morgan fingerprint density at radius 1 is 1.00 bits per heavy atom. The van der Waals surface area contributed by atoms with Crippen molar-refractivity contribution in [2.45, 2.75) is 13.8 Å². The first-order valence-corrected chi connectivity index (χ1v) is 8.05. The summed E-state index contributed by atoms with van der Waals surface area (Å²) in [6.45, 7) is 4.92. The van der Waals surface area contributed by atoms with Gasteiger partial charge in [0, 0.05) is 35.9 Å². The number of nitrogens with zero attached hydrogens (tertiary/aromatic N) is 2. The van der Waals surface area contributed by atoms with Crippen molar-refractivity contribution < 1.29 is 13.2 Å². The fourth-order valence-electron chi connectivity index (χ4n) is 2.94. The van der Waals surface area contributed by atoms with E-state index in [2.05, 4.69) is 4.98 Å². The fraction of sp³-hybridized carbons (Fsp3) is 0.211. The molecule has 1 heterocycles. The number of anilines is 2. The summed E-state index contributed by atoms with van der Waals surface area (Å²) in [7, 11) is 0. The van der Waals surface area contributed by atoms with Crippen molar-refractivity contribution in [3.8, 4) is 11.1 Å². The lowest BCUT2D eigenvalue weighted by Gasteiger charge is -2.23. The van der Waals surface area contributed by atoms with Gasteiger partial charge in [-0.25, -0.2) is 18.2 Å². The third-order valence-electron chi connectivity index (χ3n) is 4.28. The Morgan fingerprint density at radius 3 is 2.24 bits per heavy atom. The van der Waals surface area contributed by atoms with Gasteiger partial charge in [-0.15, -0.1) is 0 Å². The average Bonchev–Trinajstić information content (AvgIpc) is 2.61. The van der Waals surface area contributed by atoms with E-state index in [0.29, 0.717) is 35.7 Å². The predicted molar refractivity (Wildman–Crippen MR) is 95.0 cm³/mol. The van der Waals surface area contributed by atoms with Crippen LogP contribution in [-0.4, -0.2) is 18.1 Å². The number of pyridine rings is 1. The lowest BCUT2D eigenvalue weighted by molar-refractivity contribution is 0.453. The molecule has 0 bridgehead atoms. The van der Waals surface area contributed by atoms with Gasteiger partial charge in [0.2, 0.25) is 0 Å². The van der Waals surface area contributed by atoms with Crippen LogP contribution in [0.5, 0.6) is 0 Å². The SMILES string of the molecule is CCN(CC)c1ncc(-c2ccc(N)cc2)c2cc(F)c(F)c(F)c12. The van der Waals surface area contributed by atoms with Crippen LogP contribution in [-0.2, 0) is 0 Å². The number of hydrogen-bond acceptors (Lipinski definition) is 3. The van der Waals surface area contributed by atoms with Gasteiger partial charge in [-0.1, -0.05) is 12.1 Å². The van der Waals surface area contributed by atoms with Crippen molar-refractivity contribution in [3.63, 3.8) is 0 Å². The first kappa shape index (κ1) is 17.1. The molecule has 0 atom stereocenters. The first-order valence-electron chi connectivity index (χ1n) is 8.05. The Kier molecular flexibility index (Phi) is 4.53. The lowest BCUT2D eigenvalue weighted by atomic mass is 9.99. The minimum atomic E-state index is -1.49. The van der Waals surface area contributed by atoms with Gasteiger partial charge in [-0.3, -0.25) is 0 Å². The van der Waals surface area contributed by atoms with E-state index in [-0.39, 0.29) is 10.8 Å². The van der Waals surface area contributed by atoms with Crippen LogP contribution in [0.3, 0.4) is 0 Å². The largest absolute Gasteiger partial charge is 0.399 e. The number of rotatable bonds is 4. The number of nitrogen functional groups attached to an aromatic ring is 1. The van der Waals surface area contributed by atoms with Gasteiger partial charge in [0.1, 0.15) is 5.82 Å². The molecular formula is C19H18F3N3. The van der Waals surface area contributed by atoms with Gasteiger partial charge in [0.05, 0.1) is 5.39 Å². The Morgan fingerprint density at radius 2 is 1.64 bits per heavy atom. The van der Waals surface area contributed by atoms with E-state index in [4.69, 9.17) is 5.73 Å². The molecule has 0 aliphatic heterocycles. The van der Waals surface area contributed by atoms with E-state index in [1.165, 1.54) is 0 Å². The highest BCUT2D eigenvalue weighted by molar-refractivity contribution is 6.02. The minimum absolute atomic E-state index is 0.0167. The Hall–Kier alpha value is -2.76. The minimum Gasteiger partial charge on any atom is -0.399 e. The molecule has 130 valence electrons. The number of halogens is 3. The summed E-state index contributed by atoms with van der Waals surface area (Å²) >= 11 is 0. The van der Waals surface area contributed by atoms with E-state index < -0.39 is 17.5 Å². The summed E-state index contributed by atoms with van der Waals surface area (Å²) < 4.78 is 42.4. The van der Waals surface area contributed by atoms with Crippen LogP contribution >= 0.6 is 0 Å². The Balaban J connectivity index is 2.38. The molecule has 3 aromatic rings. The molecule has 0 amide bonds. The van der Waals surface area contributed by atoms with Crippen molar-refractivity contribution in [3.05, 3.63) is 54.0 Å². The fourth-order valence-corrected chi connectivity index (χ4v) is 2.94. The van der Waals surface area contributed by atoms with Gasteiger partial charge >= 0.3 is 0 Å². The zero-order valence-corrected chi connectivity index (χ0v) is 14.0. The molecule has 0 aliphatic rings. The van der Waals surface area contributed by atoms with E-state index in [1.54, 1.807) is 35.4 Å². The van der Waals surface area contributed by atoms with E-state index in [1.807, 2.05) is 13.8 Å². The second-order valence-electron chi connectivity index (χ2n) is 5.70. The average molecular weight is 345 g/mol. The number of fused-ring (bicyclic) bond motifs is 1. The molecule has 0 saturated heterocycles. The van der Waals surface area contributed by atoms with Crippen molar-refractivity contribution >= 4 is 22.3 Å². The summed E-state index contributed by atoms with van der Waals surface area (Å²) in [6, 6.07) is 7.88. The molecule has 0 spiro atoms. The quantitative estimate of drug-likeness (QED) is 0.548. The van der Waals surface area contributed by atoms with Gasteiger partial charge in [0.15, 0.2) is 17.5 Å². The summed E-state index contributed by atoms with van der Waals surface area (Å²) in [4.78, 5) is 6.15. The van der Waals surface area contributed by atoms with Crippen LogP contribution in [0.15, 0.2) is 36.5 Å². The smallest absolute Gasteiger partial charge is 0.195 e. The zero-order chi connectivity index (χ0) is 18.1. The molecule has 2 aromatic carbocycles. The first-order chi connectivity index (χ1) is 12.0. The van der Waals surface area contributed by atoms with Crippen LogP contribution in [0.2, 0.25) is 0 Å². The van der Waals surface area contributed by atoms with E-state index in [0.717, 1.165) is 6.07 Å². The molecule has 6 heteroatoms. The zero-order valence-electron chi connectivity index (χ0n) is 14.0. The molecule has 0 unspecified atom stereocenters. The molecule has 0 aliphatic carbocycles. The van der Waals surface area contributed by atoms with E-state index in [9.17, 15) is 13.2 Å². The Bertz CT molecular complexity index is 920. The maximum absolute atomic E-state index is 14.6.